The van der Waals surface area contributed by atoms with Crippen LogP contribution in [0.25, 0.3) is 0 Å². The van der Waals surface area contributed by atoms with E-state index in [1.54, 1.807) is 0 Å². The fraction of sp³-hybridized carbons (Fsp3) is 0.231. The molecule has 0 saturated heterocycles. The lowest BCUT2D eigenvalue weighted by Gasteiger charge is -2.26. The first-order valence-electron chi connectivity index (χ1n) is 11.2. The van der Waals surface area contributed by atoms with Crippen molar-refractivity contribution in [2.75, 3.05) is 11.4 Å². The van der Waals surface area contributed by atoms with Gasteiger partial charge < -0.3 is 5.11 Å². The summed E-state index contributed by atoms with van der Waals surface area (Å²) in [4.78, 5) is 25.5. The number of hydrogen-bond donors (Lipinski definition) is 1. The van der Waals surface area contributed by atoms with Crippen molar-refractivity contribution in [2.45, 2.75) is 31.1 Å². The highest BCUT2D eigenvalue weighted by Crippen LogP contribution is 2.42. The maximum atomic E-state index is 14.0. The van der Waals surface area contributed by atoms with Crippen LogP contribution >= 0.6 is 0 Å². The average Bonchev–Trinajstić information content (AvgIpc) is 2.99. The number of benzene rings is 2. The number of amides is 1. The van der Waals surface area contributed by atoms with Crippen LogP contribution in [0.4, 0.5) is 36.4 Å². The van der Waals surface area contributed by atoms with Gasteiger partial charge in [0.05, 0.1) is 23.6 Å². The van der Waals surface area contributed by atoms with Gasteiger partial charge in [-0.2, -0.15) is 26.3 Å². The summed E-state index contributed by atoms with van der Waals surface area (Å²) < 4.78 is 95.1. The van der Waals surface area contributed by atoms with Crippen molar-refractivity contribution in [2.24, 2.45) is 0 Å². The van der Waals surface area contributed by atoms with Gasteiger partial charge in [-0.25, -0.2) is 9.18 Å². The number of aromatic nitrogens is 2. The van der Waals surface area contributed by atoms with Crippen LogP contribution in [0, 0.1) is 17.7 Å². The number of carbonyl (C=O) groups excluding carboxylic acids is 1. The Balaban J connectivity index is 1.75. The van der Waals surface area contributed by atoms with Gasteiger partial charge in [0.1, 0.15) is 11.5 Å². The zero-order valence-electron chi connectivity index (χ0n) is 19.6. The van der Waals surface area contributed by atoms with Crippen LogP contribution in [0.2, 0.25) is 0 Å². The molecule has 2 aromatic carbocycles. The van der Waals surface area contributed by atoms with E-state index in [2.05, 4.69) is 22.0 Å². The number of rotatable bonds is 3. The van der Waals surface area contributed by atoms with E-state index < -0.39 is 59.2 Å². The Kier molecular flexibility index (Phi) is 7.32. The van der Waals surface area contributed by atoms with Crippen LogP contribution in [0.1, 0.15) is 50.8 Å². The van der Waals surface area contributed by atoms with Crippen molar-refractivity contribution in [3.8, 4) is 11.8 Å². The largest absolute Gasteiger partial charge is 0.476 e. The predicted molar refractivity (Wildman–Crippen MR) is 122 cm³/mol. The molecule has 6 nitrogen and oxygen atoms in total. The summed E-state index contributed by atoms with van der Waals surface area (Å²) in [5.74, 6) is 0.854. The molecular weight excluding hydrogens is 535 g/mol. The van der Waals surface area contributed by atoms with Crippen molar-refractivity contribution in [3.05, 3.63) is 88.0 Å². The van der Waals surface area contributed by atoms with E-state index >= 15 is 0 Å². The second-order valence-corrected chi connectivity index (χ2v) is 8.50. The third-order valence-electron chi connectivity index (χ3n) is 6.00. The molecule has 4 rings (SSSR count). The first-order valence-corrected chi connectivity index (χ1v) is 11.2. The summed E-state index contributed by atoms with van der Waals surface area (Å²) in [6, 6.07) is 6.97. The Morgan fingerprint density at radius 2 is 1.74 bits per heavy atom. The topological polar surface area (TPSA) is 83.4 Å². The van der Waals surface area contributed by atoms with Crippen molar-refractivity contribution in [1.29, 1.82) is 0 Å². The molecule has 1 atom stereocenters. The van der Waals surface area contributed by atoms with Crippen LogP contribution in [0.5, 0.6) is 0 Å². The molecule has 3 aromatic rings. The van der Waals surface area contributed by atoms with Gasteiger partial charge >= 0.3 is 18.3 Å². The van der Waals surface area contributed by atoms with Crippen LogP contribution in [-0.4, -0.2) is 33.7 Å². The van der Waals surface area contributed by atoms with E-state index in [9.17, 15) is 40.3 Å². The van der Waals surface area contributed by atoms with Crippen LogP contribution < -0.4 is 4.90 Å². The SMILES string of the molecule is O=C(O)c1ccc(C#CCN2C(=O)C(c3ccc(C(F)(F)F)cc3C(F)(F)F)CCc3cc(F)ccc32)nn1. The van der Waals surface area contributed by atoms with Crippen LogP contribution in [0.3, 0.4) is 0 Å². The van der Waals surface area contributed by atoms with Gasteiger partial charge in [-0.15, -0.1) is 10.2 Å². The third-order valence-corrected chi connectivity index (χ3v) is 6.00. The smallest absolute Gasteiger partial charge is 0.416 e. The van der Waals surface area contributed by atoms with E-state index in [1.807, 2.05) is 0 Å². The Morgan fingerprint density at radius 3 is 2.36 bits per heavy atom. The predicted octanol–water partition coefficient (Wildman–Crippen LogP) is 5.47. The lowest BCUT2D eigenvalue weighted by Crippen LogP contribution is -2.35. The number of nitrogens with zero attached hydrogens (tertiary/aromatic N) is 3. The van der Waals surface area contributed by atoms with Crippen molar-refractivity contribution in [1.82, 2.24) is 10.2 Å². The molecule has 0 saturated carbocycles. The van der Waals surface area contributed by atoms with E-state index in [4.69, 9.17) is 5.11 Å². The molecule has 1 aromatic heterocycles. The quantitative estimate of drug-likeness (QED) is 0.345. The van der Waals surface area contributed by atoms with Gasteiger partial charge in [0.25, 0.3) is 0 Å². The number of carboxylic acid groups (broad SMARTS) is 1. The minimum atomic E-state index is -5.19. The van der Waals surface area contributed by atoms with E-state index in [0.29, 0.717) is 17.7 Å². The molecule has 1 amide bonds. The standard InChI is InChI=1S/C26H16F7N3O3/c27-16-5-10-22-14(12-16)3-7-19(18-8-4-15(25(28,29)30)13-20(18)26(31,32)33)23(37)36(22)11-1-2-17-6-9-21(24(38)39)35-34-17/h4-6,8-10,12-13,19H,3,7,11H2,(H,38,39). The summed E-state index contributed by atoms with van der Waals surface area (Å²) in [6.45, 7) is -0.391. The lowest BCUT2D eigenvalue weighted by atomic mass is 9.88. The number of hydrogen-bond acceptors (Lipinski definition) is 4. The molecule has 0 fully saturated rings. The molecule has 1 N–H and O–H groups in total. The minimum absolute atomic E-state index is 0.0239. The fourth-order valence-electron chi connectivity index (χ4n) is 4.20. The van der Waals surface area contributed by atoms with Crippen molar-refractivity contribution in [3.63, 3.8) is 0 Å². The summed E-state index contributed by atoms with van der Waals surface area (Å²) >= 11 is 0. The monoisotopic (exact) mass is 551 g/mol. The number of aryl methyl sites for hydroxylation is 1. The average molecular weight is 551 g/mol. The van der Waals surface area contributed by atoms with Gasteiger partial charge in [-0.05, 0) is 72.4 Å². The molecule has 1 unspecified atom stereocenters. The summed E-state index contributed by atoms with van der Waals surface area (Å²) in [5.41, 5.74) is -3.54. The maximum absolute atomic E-state index is 14.0. The zero-order chi connectivity index (χ0) is 28.5. The summed E-state index contributed by atoms with van der Waals surface area (Å²) in [5, 5.41) is 16.0. The molecule has 0 bridgehead atoms. The lowest BCUT2D eigenvalue weighted by molar-refractivity contribution is -0.143. The molecule has 202 valence electrons. The van der Waals surface area contributed by atoms with E-state index in [-0.39, 0.29) is 36.0 Å². The van der Waals surface area contributed by atoms with Crippen LogP contribution in [-0.2, 0) is 23.6 Å². The Hall–Kier alpha value is -4.47. The Labute approximate surface area is 216 Å². The second-order valence-electron chi connectivity index (χ2n) is 8.50. The van der Waals surface area contributed by atoms with Gasteiger partial charge in [-0.3, -0.25) is 9.69 Å². The number of carbonyl (C=O) groups is 2. The van der Waals surface area contributed by atoms with E-state index in [0.717, 1.165) is 23.1 Å². The van der Waals surface area contributed by atoms with Gasteiger partial charge in [0.2, 0.25) is 5.91 Å². The molecule has 2 heterocycles. The third kappa shape index (κ3) is 6.00. The molecule has 13 heteroatoms. The molecular formula is C26H16F7N3O3. The molecule has 0 spiro atoms. The number of halogens is 7. The van der Waals surface area contributed by atoms with Crippen molar-refractivity contribution >= 4 is 17.6 Å². The number of alkyl halides is 6. The molecule has 0 radical (unpaired) electrons. The van der Waals surface area contributed by atoms with Gasteiger partial charge in [0, 0.05) is 5.69 Å². The Morgan fingerprint density at radius 1 is 1.00 bits per heavy atom. The first-order chi connectivity index (χ1) is 18.3. The normalized spacial score (nSPS) is 15.7. The molecule has 39 heavy (non-hydrogen) atoms. The number of aromatic carboxylic acids is 1. The van der Waals surface area contributed by atoms with E-state index in [1.165, 1.54) is 12.1 Å². The first kappa shape index (κ1) is 27.6. The van der Waals surface area contributed by atoms with Crippen LogP contribution in [0.15, 0.2) is 48.5 Å². The van der Waals surface area contributed by atoms with Crippen molar-refractivity contribution < 1.29 is 45.4 Å². The summed E-state index contributed by atoms with van der Waals surface area (Å²) in [7, 11) is 0. The second kappa shape index (κ2) is 10.4. The number of anilines is 1. The highest BCUT2D eigenvalue weighted by atomic mass is 19.4. The van der Waals surface area contributed by atoms with Gasteiger partial charge in [0.15, 0.2) is 5.69 Å². The fourth-order valence-corrected chi connectivity index (χ4v) is 4.20. The Bertz CT molecular complexity index is 1490. The highest BCUT2D eigenvalue weighted by Gasteiger charge is 2.42. The molecule has 1 aliphatic heterocycles. The number of fused-ring (bicyclic) bond motifs is 1. The number of carboxylic acids is 1. The zero-order valence-corrected chi connectivity index (χ0v) is 19.6. The molecule has 1 aliphatic rings. The summed E-state index contributed by atoms with van der Waals surface area (Å²) in [6.07, 6.45) is -10.5. The highest BCUT2D eigenvalue weighted by molar-refractivity contribution is 6.00. The molecule has 0 aliphatic carbocycles. The maximum Gasteiger partial charge on any atom is 0.416 e. The van der Waals surface area contributed by atoms with Gasteiger partial charge in [-0.1, -0.05) is 12.0 Å². The minimum Gasteiger partial charge on any atom is -0.476 e.